The van der Waals surface area contributed by atoms with Crippen molar-refractivity contribution in [2.45, 2.75) is 40.5 Å². The number of aromatic nitrogens is 6. The Bertz CT molecular complexity index is 1440. The van der Waals surface area contributed by atoms with Crippen molar-refractivity contribution in [1.29, 1.82) is 0 Å². The first kappa shape index (κ1) is 20.0. The molecule has 9 nitrogen and oxygen atoms in total. The van der Waals surface area contributed by atoms with Crippen LogP contribution in [0.1, 0.15) is 42.6 Å². The zero-order valence-corrected chi connectivity index (χ0v) is 18.9. The lowest BCUT2D eigenvalue weighted by molar-refractivity contribution is 0.393. The summed E-state index contributed by atoms with van der Waals surface area (Å²) >= 11 is 0. The largest absolute Gasteiger partial charge is 0.496 e. The topological polar surface area (TPSA) is 118 Å². The summed E-state index contributed by atoms with van der Waals surface area (Å²) in [5, 5.41) is 16.6. The van der Waals surface area contributed by atoms with Gasteiger partial charge < -0.3 is 19.6 Å². The molecule has 0 amide bonds. The van der Waals surface area contributed by atoms with Crippen molar-refractivity contribution in [3.8, 4) is 16.9 Å². The molecule has 3 N–H and O–H groups in total. The first-order chi connectivity index (χ1) is 15.4. The van der Waals surface area contributed by atoms with Crippen LogP contribution in [0.2, 0.25) is 0 Å². The van der Waals surface area contributed by atoms with E-state index in [2.05, 4.69) is 50.6 Å². The molecule has 0 saturated carbocycles. The average Bonchev–Trinajstić information content (AvgIpc) is 3.43. The first-order valence-electron chi connectivity index (χ1n) is 10.5. The van der Waals surface area contributed by atoms with Crippen molar-refractivity contribution >= 4 is 33.6 Å². The summed E-state index contributed by atoms with van der Waals surface area (Å²) in [6, 6.07) is 4.06. The Hall–Kier alpha value is -3.88. The normalized spacial score (nSPS) is 11.7. The summed E-state index contributed by atoms with van der Waals surface area (Å²) < 4.78 is 11.2. The van der Waals surface area contributed by atoms with E-state index in [4.69, 9.17) is 14.2 Å². The van der Waals surface area contributed by atoms with E-state index in [-0.39, 0.29) is 0 Å². The third-order valence-electron chi connectivity index (χ3n) is 5.72. The van der Waals surface area contributed by atoms with Crippen LogP contribution in [0.3, 0.4) is 0 Å². The maximum absolute atomic E-state index is 5.76. The van der Waals surface area contributed by atoms with E-state index in [0.717, 1.165) is 61.6 Å². The number of aryl methyl sites for hydroxylation is 3. The van der Waals surface area contributed by atoms with Gasteiger partial charge in [-0.25, -0.2) is 9.97 Å². The van der Waals surface area contributed by atoms with Crippen LogP contribution in [0.5, 0.6) is 5.75 Å². The molecule has 0 bridgehead atoms. The molecular weight excluding hydrogens is 406 g/mol. The van der Waals surface area contributed by atoms with Crippen molar-refractivity contribution in [3.05, 3.63) is 41.2 Å². The number of benzene rings is 1. The SMILES string of the molecule is COc1cc2c(cc1-c1c(C)noc1C)[nH]c1nc(C)nc(Nc3[nH]ncc3C(C)C)c12. The standard InChI is InChI=1S/C23H25N7O2/c1-10(2)16-9-24-29-21(16)28-23-20-14-8-18(31-6)15(19-11(3)30-32-12(19)4)7-17(14)27-22(20)25-13(5)26-23/h7-10H,1-6H3,(H3,24,25,26,27,28,29). The van der Waals surface area contributed by atoms with E-state index >= 15 is 0 Å². The number of anilines is 2. The molecule has 0 fully saturated rings. The molecule has 0 radical (unpaired) electrons. The van der Waals surface area contributed by atoms with Crippen molar-refractivity contribution in [2.24, 2.45) is 0 Å². The molecule has 9 heteroatoms. The van der Waals surface area contributed by atoms with Gasteiger partial charge in [0.15, 0.2) is 0 Å². The maximum Gasteiger partial charge on any atom is 0.145 e. The van der Waals surface area contributed by atoms with Crippen LogP contribution in [0.25, 0.3) is 33.1 Å². The van der Waals surface area contributed by atoms with Crippen molar-refractivity contribution in [1.82, 2.24) is 30.3 Å². The van der Waals surface area contributed by atoms with E-state index in [1.165, 1.54) is 0 Å². The summed E-state index contributed by atoms with van der Waals surface area (Å²) in [6.45, 7) is 9.96. The minimum absolute atomic E-state index is 0.315. The van der Waals surface area contributed by atoms with Gasteiger partial charge >= 0.3 is 0 Å². The van der Waals surface area contributed by atoms with Crippen molar-refractivity contribution < 1.29 is 9.26 Å². The molecular formula is C23H25N7O2. The molecule has 0 unspecified atom stereocenters. The lowest BCUT2D eigenvalue weighted by Gasteiger charge is -2.11. The minimum atomic E-state index is 0.315. The van der Waals surface area contributed by atoms with Gasteiger partial charge in [0.25, 0.3) is 0 Å². The maximum atomic E-state index is 5.76. The zero-order chi connectivity index (χ0) is 22.6. The fourth-order valence-corrected chi connectivity index (χ4v) is 4.21. The lowest BCUT2D eigenvalue weighted by atomic mass is 10.0. The molecule has 4 heterocycles. The molecule has 4 aromatic heterocycles. The van der Waals surface area contributed by atoms with E-state index in [9.17, 15) is 0 Å². The number of nitrogens with zero attached hydrogens (tertiary/aromatic N) is 4. The van der Waals surface area contributed by atoms with Crippen LogP contribution in [0.15, 0.2) is 22.9 Å². The first-order valence-corrected chi connectivity index (χ1v) is 10.5. The number of methoxy groups -OCH3 is 1. The number of rotatable bonds is 5. The predicted molar refractivity (Wildman–Crippen MR) is 124 cm³/mol. The van der Waals surface area contributed by atoms with Gasteiger partial charge in [-0.3, -0.25) is 5.10 Å². The second-order valence-corrected chi connectivity index (χ2v) is 8.25. The molecule has 164 valence electrons. The molecule has 0 aliphatic carbocycles. The number of hydrogen-bond donors (Lipinski definition) is 3. The Labute approximate surface area is 184 Å². The smallest absolute Gasteiger partial charge is 0.145 e. The molecule has 0 spiro atoms. The third-order valence-corrected chi connectivity index (χ3v) is 5.72. The van der Waals surface area contributed by atoms with Gasteiger partial charge in [-0.15, -0.1) is 0 Å². The molecule has 32 heavy (non-hydrogen) atoms. The monoisotopic (exact) mass is 431 g/mol. The number of hydrogen-bond acceptors (Lipinski definition) is 7. The Morgan fingerprint density at radius 1 is 1.12 bits per heavy atom. The Kier molecular flexibility index (Phi) is 4.61. The summed E-state index contributed by atoms with van der Waals surface area (Å²) in [5.41, 5.74) is 5.42. The van der Waals surface area contributed by atoms with Gasteiger partial charge in [0, 0.05) is 22.0 Å². The highest BCUT2D eigenvalue weighted by molar-refractivity contribution is 6.13. The summed E-state index contributed by atoms with van der Waals surface area (Å²) in [4.78, 5) is 12.8. The average molecular weight is 432 g/mol. The van der Waals surface area contributed by atoms with Gasteiger partial charge in [-0.1, -0.05) is 19.0 Å². The Balaban J connectivity index is 1.75. The van der Waals surface area contributed by atoms with Gasteiger partial charge in [0.05, 0.1) is 30.0 Å². The van der Waals surface area contributed by atoms with Gasteiger partial charge in [-0.05, 0) is 38.8 Å². The van der Waals surface area contributed by atoms with Crippen molar-refractivity contribution in [2.75, 3.05) is 12.4 Å². The van der Waals surface area contributed by atoms with Crippen LogP contribution in [-0.4, -0.2) is 37.4 Å². The summed E-state index contributed by atoms with van der Waals surface area (Å²) in [7, 11) is 1.66. The molecule has 0 aliphatic heterocycles. The minimum Gasteiger partial charge on any atom is -0.496 e. The number of nitrogens with one attached hydrogen (secondary N) is 3. The highest BCUT2D eigenvalue weighted by Crippen LogP contribution is 2.41. The van der Waals surface area contributed by atoms with Crippen LogP contribution >= 0.6 is 0 Å². The third kappa shape index (κ3) is 3.08. The second kappa shape index (κ2) is 7.37. The van der Waals surface area contributed by atoms with Gasteiger partial charge in [0.1, 0.15) is 34.6 Å². The van der Waals surface area contributed by atoms with Crippen LogP contribution in [0, 0.1) is 20.8 Å². The number of aromatic amines is 2. The summed E-state index contributed by atoms with van der Waals surface area (Å²) in [5.74, 6) is 3.98. The molecule has 5 aromatic rings. The predicted octanol–water partition coefficient (Wildman–Crippen LogP) is 5.29. The highest BCUT2D eigenvalue weighted by Gasteiger charge is 2.21. The number of ether oxygens (including phenoxy) is 1. The quantitative estimate of drug-likeness (QED) is 0.346. The molecule has 5 rings (SSSR count). The fraction of sp³-hybridized carbons (Fsp3) is 0.304. The number of fused-ring (bicyclic) bond motifs is 3. The van der Waals surface area contributed by atoms with Crippen LogP contribution in [0.4, 0.5) is 11.6 Å². The second-order valence-electron chi connectivity index (χ2n) is 8.25. The van der Waals surface area contributed by atoms with E-state index in [1.807, 2.05) is 33.0 Å². The lowest BCUT2D eigenvalue weighted by Crippen LogP contribution is -2.01. The van der Waals surface area contributed by atoms with Crippen molar-refractivity contribution in [3.63, 3.8) is 0 Å². The van der Waals surface area contributed by atoms with E-state index < -0.39 is 0 Å². The van der Waals surface area contributed by atoms with Gasteiger partial charge in [-0.2, -0.15) is 5.10 Å². The molecule has 0 saturated heterocycles. The Morgan fingerprint density at radius 3 is 2.62 bits per heavy atom. The molecule has 0 aliphatic rings. The van der Waals surface area contributed by atoms with Crippen LogP contribution < -0.4 is 10.1 Å². The van der Waals surface area contributed by atoms with E-state index in [1.54, 1.807) is 7.11 Å². The highest BCUT2D eigenvalue weighted by atomic mass is 16.5. The fourth-order valence-electron chi connectivity index (χ4n) is 4.21. The van der Waals surface area contributed by atoms with Crippen LogP contribution in [-0.2, 0) is 0 Å². The molecule has 0 atom stereocenters. The molecule has 1 aromatic carbocycles. The van der Waals surface area contributed by atoms with E-state index in [0.29, 0.717) is 17.6 Å². The number of H-pyrrole nitrogens is 2. The Morgan fingerprint density at radius 2 is 1.94 bits per heavy atom. The summed E-state index contributed by atoms with van der Waals surface area (Å²) in [6.07, 6.45) is 1.84. The van der Waals surface area contributed by atoms with Gasteiger partial charge in [0.2, 0.25) is 0 Å². The zero-order valence-electron chi connectivity index (χ0n) is 18.9.